The summed E-state index contributed by atoms with van der Waals surface area (Å²) in [4.78, 5) is 3.62. The van der Waals surface area contributed by atoms with Crippen molar-refractivity contribution >= 4 is 5.82 Å². The van der Waals surface area contributed by atoms with Gasteiger partial charge in [0.1, 0.15) is 18.0 Å². The smallest absolute Gasteiger partial charge is 0.335 e. The van der Waals surface area contributed by atoms with Crippen molar-refractivity contribution in [3.63, 3.8) is 0 Å². The minimum Gasteiger partial charge on any atom is -0.335 e. The molecule has 0 bridgehead atoms. The largest absolute Gasteiger partial charge is 0.433 e. The fourth-order valence-electron chi connectivity index (χ4n) is 0.977. The third-order valence-electron chi connectivity index (χ3n) is 1.68. The van der Waals surface area contributed by atoms with E-state index in [0.29, 0.717) is 0 Å². The summed E-state index contributed by atoms with van der Waals surface area (Å²) in [5.74, 6) is -0.0946. The molecule has 0 aromatic carbocycles. The molecule has 17 heavy (non-hydrogen) atoms. The molecule has 0 aliphatic rings. The molecule has 0 saturated carbocycles. The molecular weight excluding hydrogens is 233 g/mol. The number of pyridine rings is 1. The van der Waals surface area contributed by atoms with Crippen molar-refractivity contribution in [2.45, 2.75) is 6.18 Å². The number of hydrogen-bond acceptors (Lipinski definition) is 4. The first kappa shape index (κ1) is 12.5. The molecule has 1 N–H and O–H groups in total. The van der Waals surface area contributed by atoms with Gasteiger partial charge in [-0.2, -0.15) is 23.7 Å². The second-order valence-electron chi connectivity index (χ2n) is 2.81. The molecule has 1 aromatic heterocycles. The number of anilines is 1. The molecule has 1 heterocycles. The zero-order valence-electron chi connectivity index (χ0n) is 8.28. The molecule has 0 unspecified atom stereocenters. The number of hydrogen-bond donors (Lipinski definition) is 1. The summed E-state index contributed by atoms with van der Waals surface area (Å²) < 4.78 is 37.7. The highest BCUT2D eigenvalue weighted by molar-refractivity contribution is 5.51. The first-order valence-corrected chi connectivity index (χ1v) is 4.28. The number of nitriles is 2. The topological polar surface area (TPSA) is 72.5 Å². The highest BCUT2D eigenvalue weighted by Gasteiger charge is 2.37. The summed E-state index contributed by atoms with van der Waals surface area (Å²) in [6, 6.07) is 6.66. The predicted molar refractivity (Wildman–Crippen MR) is 52.2 cm³/mol. The lowest BCUT2D eigenvalue weighted by molar-refractivity contribution is -0.0906. The number of rotatable bonds is 2. The third kappa shape index (κ3) is 3.21. The van der Waals surface area contributed by atoms with Gasteiger partial charge in [-0.15, -0.1) is 0 Å². The van der Waals surface area contributed by atoms with Crippen LogP contribution in [-0.2, 0) is 0 Å². The van der Waals surface area contributed by atoms with Crippen LogP contribution in [-0.4, -0.2) is 11.2 Å². The highest BCUT2D eigenvalue weighted by atomic mass is 19.4. The van der Waals surface area contributed by atoms with E-state index in [2.05, 4.69) is 4.98 Å². The molecule has 0 atom stereocenters. The van der Waals surface area contributed by atoms with Gasteiger partial charge in [0.05, 0.1) is 0 Å². The van der Waals surface area contributed by atoms with Gasteiger partial charge >= 0.3 is 6.18 Å². The number of nitrogens with one attached hydrogen (secondary N) is 1. The van der Waals surface area contributed by atoms with Gasteiger partial charge < -0.3 is 5.32 Å². The van der Waals surface area contributed by atoms with Gasteiger partial charge in [0, 0.05) is 6.20 Å². The monoisotopic (exact) mass is 238 g/mol. The molecular formula is C10H5F3N4. The molecule has 1 aromatic rings. The molecule has 0 saturated heterocycles. The van der Waals surface area contributed by atoms with E-state index in [0.717, 1.165) is 0 Å². The highest BCUT2D eigenvalue weighted by Crippen LogP contribution is 2.28. The molecule has 0 radical (unpaired) electrons. The summed E-state index contributed by atoms with van der Waals surface area (Å²) in [7, 11) is 0. The van der Waals surface area contributed by atoms with Crippen molar-refractivity contribution < 1.29 is 13.2 Å². The van der Waals surface area contributed by atoms with Crippen LogP contribution in [0.3, 0.4) is 0 Å². The Hall–Kier alpha value is -2.54. The lowest BCUT2D eigenvalue weighted by atomic mass is 10.2. The molecule has 0 aliphatic heterocycles. The van der Waals surface area contributed by atoms with Crippen LogP contribution in [0, 0.1) is 22.7 Å². The zero-order chi connectivity index (χ0) is 12.9. The molecule has 0 aliphatic carbocycles. The maximum Gasteiger partial charge on any atom is 0.433 e. The number of nitrogens with zero attached hydrogens (tertiary/aromatic N) is 3. The maximum absolute atomic E-state index is 12.6. The van der Waals surface area contributed by atoms with Gasteiger partial charge in [-0.3, -0.25) is 0 Å². The predicted octanol–water partition coefficient (Wildman–Crippen LogP) is 2.36. The molecule has 7 heteroatoms. The average Bonchev–Trinajstić information content (AvgIpc) is 2.29. The first-order valence-electron chi connectivity index (χ1n) is 4.28. The first-order chi connectivity index (χ1) is 7.99. The van der Waals surface area contributed by atoms with Crippen molar-refractivity contribution in [2.75, 3.05) is 5.32 Å². The lowest BCUT2D eigenvalue weighted by Crippen LogP contribution is -2.21. The van der Waals surface area contributed by atoms with Gasteiger partial charge in [-0.1, -0.05) is 6.07 Å². The molecule has 0 fully saturated rings. The number of allylic oxidation sites excluding steroid dienone is 2. The van der Waals surface area contributed by atoms with Crippen LogP contribution in [0.1, 0.15) is 0 Å². The quantitative estimate of drug-likeness (QED) is 0.802. The molecule has 1 rings (SSSR count). The van der Waals surface area contributed by atoms with Crippen LogP contribution in [0.2, 0.25) is 0 Å². The summed E-state index contributed by atoms with van der Waals surface area (Å²) >= 11 is 0. The fraction of sp³-hybridized carbons (Fsp3) is 0.100. The third-order valence-corrected chi connectivity index (χ3v) is 1.68. The van der Waals surface area contributed by atoms with Crippen molar-refractivity contribution in [1.29, 1.82) is 10.5 Å². The van der Waals surface area contributed by atoms with Crippen LogP contribution in [0.5, 0.6) is 0 Å². The number of alkyl halides is 3. The Morgan fingerprint density at radius 3 is 2.29 bits per heavy atom. The Balaban J connectivity index is 3.17. The Morgan fingerprint density at radius 2 is 1.88 bits per heavy atom. The number of aromatic nitrogens is 1. The lowest BCUT2D eigenvalue weighted by Gasteiger charge is -2.13. The average molecular weight is 238 g/mol. The van der Waals surface area contributed by atoms with E-state index in [1.807, 2.05) is 5.32 Å². The van der Waals surface area contributed by atoms with E-state index in [9.17, 15) is 13.2 Å². The minimum absolute atomic E-state index is 0.0946. The normalized spacial score (nSPS) is 9.94. The van der Waals surface area contributed by atoms with Crippen LogP contribution < -0.4 is 5.32 Å². The molecule has 86 valence electrons. The van der Waals surface area contributed by atoms with Crippen LogP contribution in [0.15, 0.2) is 35.7 Å². The minimum atomic E-state index is -4.82. The number of halogens is 3. The Bertz CT molecular complexity index is 489. The van der Waals surface area contributed by atoms with E-state index in [1.165, 1.54) is 36.5 Å². The van der Waals surface area contributed by atoms with Gasteiger partial charge in [0.15, 0.2) is 11.3 Å². The van der Waals surface area contributed by atoms with Crippen molar-refractivity contribution in [2.24, 2.45) is 0 Å². The molecule has 4 nitrogen and oxygen atoms in total. The van der Waals surface area contributed by atoms with Crippen LogP contribution in [0.4, 0.5) is 19.0 Å². The maximum atomic E-state index is 12.6. The summed E-state index contributed by atoms with van der Waals surface area (Å²) in [6.07, 6.45) is -3.53. The standard InChI is InChI=1S/C10H5F3N4/c11-10(12,13)9(7(5-14)6-15)17-8-3-1-2-4-16-8/h1-4H,(H,16,17). The summed E-state index contributed by atoms with van der Waals surface area (Å²) in [5, 5.41) is 18.8. The van der Waals surface area contributed by atoms with E-state index in [4.69, 9.17) is 10.5 Å². The van der Waals surface area contributed by atoms with Crippen molar-refractivity contribution in [3.05, 3.63) is 35.7 Å². The van der Waals surface area contributed by atoms with Gasteiger partial charge in [0.2, 0.25) is 0 Å². The zero-order valence-corrected chi connectivity index (χ0v) is 8.28. The Morgan fingerprint density at radius 1 is 1.24 bits per heavy atom. The van der Waals surface area contributed by atoms with Gasteiger partial charge in [-0.25, -0.2) is 4.98 Å². The molecule has 0 amide bonds. The van der Waals surface area contributed by atoms with E-state index < -0.39 is 17.4 Å². The van der Waals surface area contributed by atoms with E-state index in [-0.39, 0.29) is 5.82 Å². The van der Waals surface area contributed by atoms with Gasteiger partial charge in [-0.05, 0) is 12.1 Å². The van der Waals surface area contributed by atoms with Gasteiger partial charge in [0.25, 0.3) is 0 Å². The Labute approximate surface area is 94.6 Å². The van der Waals surface area contributed by atoms with Crippen LogP contribution in [0.25, 0.3) is 0 Å². The SMILES string of the molecule is N#CC(C#N)=C(Nc1ccccn1)C(F)(F)F. The van der Waals surface area contributed by atoms with E-state index in [1.54, 1.807) is 0 Å². The second-order valence-corrected chi connectivity index (χ2v) is 2.81. The van der Waals surface area contributed by atoms with Crippen LogP contribution >= 0.6 is 0 Å². The molecule has 0 spiro atoms. The Kier molecular flexibility index (Phi) is 3.68. The van der Waals surface area contributed by atoms with Crippen molar-refractivity contribution in [1.82, 2.24) is 4.98 Å². The summed E-state index contributed by atoms with van der Waals surface area (Å²) in [6.45, 7) is 0. The van der Waals surface area contributed by atoms with Crippen molar-refractivity contribution in [3.8, 4) is 12.1 Å². The fourth-order valence-corrected chi connectivity index (χ4v) is 0.977. The second kappa shape index (κ2) is 4.99. The van der Waals surface area contributed by atoms with E-state index >= 15 is 0 Å². The summed E-state index contributed by atoms with van der Waals surface area (Å²) in [5.41, 5.74) is -2.45.